The molecule has 20 heavy (non-hydrogen) atoms. The van der Waals surface area contributed by atoms with Gasteiger partial charge < -0.3 is 10.2 Å². The fourth-order valence-corrected chi connectivity index (χ4v) is 1.61. The van der Waals surface area contributed by atoms with E-state index < -0.39 is 11.9 Å². The van der Waals surface area contributed by atoms with Crippen LogP contribution in [0, 0.1) is 0 Å². The van der Waals surface area contributed by atoms with Crippen molar-refractivity contribution in [1.82, 2.24) is 0 Å². The molecule has 0 aliphatic rings. The van der Waals surface area contributed by atoms with Gasteiger partial charge in [0.2, 0.25) is 0 Å². The summed E-state index contributed by atoms with van der Waals surface area (Å²) in [5.74, 6) is -1.43. The lowest BCUT2D eigenvalue weighted by molar-refractivity contribution is -0.138. The van der Waals surface area contributed by atoms with Crippen LogP contribution in [-0.2, 0) is 9.59 Å². The minimum atomic E-state index is -0.714. The molecule has 0 radical (unpaired) electrons. The van der Waals surface area contributed by atoms with Crippen molar-refractivity contribution in [2.45, 2.75) is 64.2 Å². The van der Waals surface area contributed by atoms with Crippen molar-refractivity contribution in [3.8, 4) is 0 Å². The van der Waals surface area contributed by atoms with Gasteiger partial charge in [0.25, 0.3) is 0 Å². The van der Waals surface area contributed by atoms with Crippen molar-refractivity contribution in [2.24, 2.45) is 0 Å². The molecule has 0 aliphatic heterocycles. The van der Waals surface area contributed by atoms with Gasteiger partial charge in [-0.05, 0) is 12.8 Å². The highest BCUT2D eigenvalue weighted by molar-refractivity contribution is 5.66. The van der Waals surface area contributed by atoms with E-state index in [1.807, 2.05) is 0 Å². The average Bonchev–Trinajstić information content (AvgIpc) is 2.40. The van der Waals surface area contributed by atoms with Crippen LogP contribution in [0.5, 0.6) is 0 Å². The van der Waals surface area contributed by atoms with Crippen LogP contribution in [-0.4, -0.2) is 22.2 Å². The lowest BCUT2D eigenvalue weighted by Crippen LogP contribution is -1.94. The molecule has 0 aromatic carbocycles. The standard InChI is InChI=1S/C12H22O4.C4H6/c13-11(14)9-7-5-3-1-2-4-6-8-10-12(15)16;1-3-4-2/h1-10H2,(H,13,14)(H,15,16);3-4H,1-2H2. The van der Waals surface area contributed by atoms with Crippen LogP contribution in [0.4, 0.5) is 0 Å². The summed E-state index contributed by atoms with van der Waals surface area (Å²) in [4.78, 5) is 20.4. The fraction of sp³-hybridized carbons (Fsp3) is 0.625. The third-order valence-corrected chi connectivity index (χ3v) is 2.70. The molecule has 0 aliphatic carbocycles. The Morgan fingerprint density at radius 1 is 0.650 bits per heavy atom. The van der Waals surface area contributed by atoms with Crippen molar-refractivity contribution in [3.05, 3.63) is 25.3 Å². The van der Waals surface area contributed by atoms with Gasteiger partial charge in [0.1, 0.15) is 0 Å². The number of hydrogen-bond donors (Lipinski definition) is 2. The summed E-state index contributed by atoms with van der Waals surface area (Å²) < 4.78 is 0. The maximum absolute atomic E-state index is 10.2. The molecule has 0 rings (SSSR count). The smallest absolute Gasteiger partial charge is 0.303 e. The third kappa shape index (κ3) is 25.3. The zero-order valence-corrected chi connectivity index (χ0v) is 12.4. The second kappa shape index (κ2) is 17.4. The van der Waals surface area contributed by atoms with Crippen molar-refractivity contribution in [2.75, 3.05) is 0 Å². The largest absolute Gasteiger partial charge is 0.481 e. The minimum Gasteiger partial charge on any atom is -0.481 e. The Morgan fingerprint density at radius 3 is 1.10 bits per heavy atom. The number of carboxylic acid groups (broad SMARTS) is 2. The summed E-state index contributed by atoms with van der Waals surface area (Å²) in [7, 11) is 0. The number of allylic oxidation sites excluding steroid dienone is 2. The second-order valence-corrected chi connectivity index (χ2v) is 4.59. The van der Waals surface area contributed by atoms with Crippen LogP contribution in [0.3, 0.4) is 0 Å². The Hall–Kier alpha value is -1.58. The molecule has 0 aromatic rings. The zero-order valence-electron chi connectivity index (χ0n) is 12.4. The maximum Gasteiger partial charge on any atom is 0.303 e. The molecule has 0 aromatic heterocycles. The van der Waals surface area contributed by atoms with Gasteiger partial charge in [-0.15, -0.1) is 0 Å². The molecule has 4 heteroatoms. The van der Waals surface area contributed by atoms with Crippen LogP contribution in [0.1, 0.15) is 64.2 Å². The van der Waals surface area contributed by atoms with Gasteiger partial charge in [-0.2, -0.15) is 0 Å². The number of carbonyl (C=O) groups is 2. The molecule has 0 spiro atoms. The first-order chi connectivity index (χ1) is 9.54. The first-order valence-corrected chi connectivity index (χ1v) is 7.21. The first kappa shape index (κ1) is 20.7. The molecule has 0 heterocycles. The van der Waals surface area contributed by atoms with Crippen LogP contribution in [0.25, 0.3) is 0 Å². The van der Waals surface area contributed by atoms with Crippen LogP contribution in [0.2, 0.25) is 0 Å². The van der Waals surface area contributed by atoms with E-state index in [1.165, 1.54) is 0 Å². The molecule has 0 amide bonds. The van der Waals surface area contributed by atoms with Gasteiger partial charge in [0.15, 0.2) is 0 Å². The highest BCUT2D eigenvalue weighted by Gasteiger charge is 1.98. The Labute approximate surface area is 122 Å². The summed E-state index contributed by atoms with van der Waals surface area (Å²) in [5.41, 5.74) is 0. The Bertz CT molecular complexity index is 244. The van der Waals surface area contributed by atoms with Crippen LogP contribution < -0.4 is 0 Å². The summed E-state index contributed by atoms with van der Waals surface area (Å²) in [6.45, 7) is 6.72. The van der Waals surface area contributed by atoms with E-state index in [-0.39, 0.29) is 12.8 Å². The van der Waals surface area contributed by atoms with Gasteiger partial charge in [-0.3, -0.25) is 9.59 Å². The van der Waals surface area contributed by atoms with Crippen molar-refractivity contribution >= 4 is 11.9 Å². The van der Waals surface area contributed by atoms with Crippen molar-refractivity contribution in [3.63, 3.8) is 0 Å². The van der Waals surface area contributed by atoms with Gasteiger partial charge in [0, 0.05) is 12.8 Å². The van der Waals surface area contributed by atoms with E-state index in [0.29, 0.717) is 0 Å². The summed E-state index contributed by atoms with van der Waals surface area (Å²) in [6, 6.07) is 0. The summed E-state index contributed by atoms with van der Waals surface area (Å²) in [6.07, 6.45) is 11.8. The highest BCUT2D eigenvalue weighted by atomic mass is 16.4. The quantitative estimate of drug-likeness (QED) is 0.411. The molecule has 0 unspecified atom stereocenters. The molecular weight excluding hydrogens is 256 g/mol. The molecule has 0 saturated carbocycles. The average molecular weight is 284 g/mol. The normalized spacial score (nSPS) is 9.20. The van der Waals surface area contributed by atoms with Gasteiger partial charge in [-0.25, -0.2) is 0 Å². The number of rotatable bonds is 12. The zero-order chi connectivity index (χ0) is 15.6. The minimum absolute atomic E-state index is 0.276. The molecule has 2 N–H and O–H groups in total. The lowest BCUT2D eigenvalue weighted by Gasteiger charge is -2.00. The van der Waals surface area contributed by atoms with E-state index in [1.54, 1.807) is 12.2 Å². The Balaban J connectivity index is 0. The van der Waals surface area contributed by atoms with E-state index in [9.17, 15) is 9.59 Å². The first-order valence-electron chi connectivity index (χ1n) is 7.21. The van der Waals surface area contributed by atoms with E-state index in [0.717, 1.165) is 51.4 Å². The molecular formula is C16H28O4. The number of carboxylic acids is 2. The van der Waals surface area contributed by atoms with Crippen molar-refractivity contribution in [1.29, 1.82) is 0 Å². The van der Waals surface area contributed by atoms with E-state index in [4.69, 9.17) is 10.2 Å². The Morgan fingerprint density at radius 2 is 0.900 bits per heavy atom. The topological polar surface area (TPSA) is 74.6 Å². The van der Waals surface area contributed by atoms with E-state index >= 15 is 0 Å². The number of hydrogen-bond acceptors (Lipinski definition) is 2. The summed E-state index contributed by atoms with van der Waals surface area (Å²) in [5, 5.41) is 16.8. The summed E-state index contributed by atoms with van der Waals surface area (Å²) >= 11 is 0. The fourth-order valence-electron chi connectivity index (χ4n) is 1.61. The van der Waals surface area contributed by atoms with Gasteiger partial charge in [-0.1, -0.05) is 63.8 Å². The molecule has 0 bridgehead atoms. The monoisotopic (exact) mass is 284 g/mol. The molecule has 0 fully saturated rings. The second-order valence-electron chi connectivity index (χ2n) is 4.59. The number of aliphatic carboxylic acids is 2. The lowest BCUT2D eigenvalue weighted by atomic mass is 10.1. The SMILES string of the molecule is C=CC=C.O=C(O)CCCCCCCCCCC(=O)O. The third-order valence-electron chi connectivity index (χ3n) is 2.70. The molecule has 116 valence electrons. The van der Waals surface area contributed by atoms with Gasteiger partial charge >= 0.3 is 11.9 Å². The van der Waals surface area contributed by atoms with E-state index in [2.05, 4.69) is 13.2 Å². The van der Waals surface area contributed by atoms with Crippen molar-refractivity contribution < 1.29 is 19.8 Å². The van der Waals surface area contributed by atoms with Crippen LogP contribution in [0.15, 0.2) is 25.3 Å². The molecule has 0 saturated heterocycles. The highest BCUT2D eigenvalue weighted by Crippen LogP contribution is 2.10. The molecule has 4 nitrogen and oxygen atoms in total. The number of unbranched alkanes of at least 4 members (excludes halogenated alkanes) is 7. The van der Waals surface area contributed by atoms with Crippen LogP contribution >= 0.6 is 0 Å². The maximum atomic E-state index is 10.2. The predicted molar refractivity (Wildman–Crippen MR) is 81.8 cm³/mol. The predicted octanol–water partition coefficient (Wildman–Crippen LogP) is 4.42. The molecule has 0 atom stereocenters. The Kier molecular flexibility index (Phi) is 18.1. The van der Waals surface area contributed by atoms with Gasteiger partial charge in [0.05, 0.1) is 0 Å².